The SMILES string of the molecule is CC(C)CC(NC(=O)[C@@H]1CCC(=O)N1CCc1ccccc1)C(N)=O. The molecule has 1 heterocycles. The Bertz CT molecular complexity index is 616. The van der Waals surface area contributed by atoms with Crippen molar-refractivity contribution in [2.75, 3.05) is 6.54 Å². The minimum atomic E-state index is -0.695. The molecule has 0 saturated carbocycles. The minimum absolute atomic E-state index is 0.0180. The van der Waals surface area contributed by atoms with E-state index in [-0.39, 0.29) is 17.7 Å². The smallest absolute Gasteiger partial charge is 0.243 e. The molecule has 3 amide bonds. The largest absolute Gasteiger partial charge is 0.368 e. The Morgan fingerprint density at radius 3 is 2.56 bits per heavy atom. The summed E-state index contributed by atoms with van der Waals surface area (Å²) in [5.41, 5.74) is 6.52. The highest BCUT2D eigenvalue weighted by molar-refractivity contribution is 5.93. The summed E-state index contributed by atoms with van der Waals surface area (Å²) in [5, 5.41) is 2.73. The van der Waals surface area contributed by atoms with E-state index in [0.717, 1.165) is 5.56 Å². The highest BCUT2D eigenvalue weighted by atomic mass is 16.2. The quantitative estimate of drug-likeness (QED) is 0.742. The van der Waals surface area contributed by atoms with E-state index >= 15 is 0 Å². The molecule has 0 spiro atoms. The van der Waals surface area contributed by atoms with Crippen molar-refractivity contribution in [3.63, 3.8) is 0 Å². The van der Waals surface area contributed by atoms with Gasteiger partial charge in [0, 0.05) is 13.0 Å². The summed E-state index contributed by atoms with van der Waals surface area (Å²) in [6, 6.07) is 8.63. The molecule has 0 bridgehead atoms. The van der Waals surface area contributed by atoms with E-state index in [9.17, 15) is 14.4 Å². The van der Waals surface area contributed by atoms with Gasteiger partial charge in [0.1, 0.15) is 12.1 Å². The second-order valence-electron chi connectivity index (χ2n) is 6.97. The van der Waals surface area contributed by atoms with E-state index in [2.05, 4.69) is 5.32 Å². The third kappa shape index (κ3) is 5.31. The predicted molar refractivity (Wildman–Crippen MR) is 95.5 cm³/mol. The Labute approximate surface area is 148 Å². The lowest BCUT2D eigenvalue weighted by Crippen LogP contribution is -2.52. The van der Waals surface area contributed by atoms with E-state index in [0.29, 0.717) is 32.2 Å². The number of nitrogens with zero attached hydrogens (tertiary/aromatic N) is 1. The van der Waals surface area contributed by atoms with Crippen LogP contribution in [0.4, 0.5) is 0 Å². The number of likely N-dealkylation sites (tertiary alicyclic amines) is 1. The molecule has 6 heteroatoms. The number of hydrogen-bond donors (Lipinski definition) is 2. The predicted octanol–water partition coefficient (Wildman–Crippen LogP) is 1.24. The van der Waals surface area contributed by atoms with Crippen LogP contribution in [-0.2, 0) is 20.8 Å². The van der Waals surface area contributed by atoms with Gasteiger partial charge in [0.15, 0.2) is 0 Å². The summed E-state index contributed by atoms with van der Waals surface area (Å²) in [5.74, 6) is -0.613. The Morgan fingerprint density at radius 1 is 1.28 bits per heavy atom. The summed E-state index contributed by atoms with van der Waals surface area (Å²) < 4.78 is 0. The van der Waals surface area contributed by atoms with Crippen LogP contribution in [0.25, 0.3) is 0 Å². The van der Waals surface area contributed by atoms with Gasteiger partial charge >= 0.3 is 0 Å². The number of hydrogen-bond acceptors (Lipinski definition) is 3. The first-order valence-corrected chi connectivity index (χ1v) is 8.81. The van der Waals surface area contributed by atoms with Gasteiger partial charge in [-0.2, -0.15) is 0 Å². The standard InChI is InChI=1S/C19H27N3O3/c1-13(2)12-15(18(20)24)21-19(25)16-8-9-17(23)22(16)11-10-14-6-4-3-5-7-14/h3-7,13,15-16H,8-12H2,1-2H3,(H2,20,24)(H,21,25)/t15?,16-/m0/s1. The van der Waals surface area contributed by atoms with Gasteiger partial charge < -0.3 is 16.0 Å². The Hall–Kier alpha value is -2.37. The van der Waals surface area contributed by atoms with E-state index in [1.807, 2.05) is 44.2 Å². The molecule has 6 nitrogen and oxygen atoms in total. The number of carbonyl (C=O) groups is 3. The summed E-state index contributed by atoms with van der Waals surface area (Å²) >= 11 is 0. The first-order chi connectivity index (χ1) is 11.9. The molecule has 1 aliphatic rings. The van der Waals surface area contributed by atoms with Gasteiger partial charge in [-0.3, -0.25) is 14.4 Å². The lowest BCUT2D eigenvalue weighted by atomic mass is 10.0. The zero-order valence-electron chi connectivity index (χ0n) is 14.9. The molecule has 1 aromatic carbocycles. The fraction of sp³-hybridized carbons (Fsp3) is 0.526. The van der Waals surface area contributed by atoms with Crippen molar-refractivity contribution in [1.29, 1.82) is 0 Å². The van der Waals surface area contributed by atoms with Gasteiger partial charge in [0.2, 0.25) is 17.7 Å². The molecule has 2 rings (SSSR count). The lowest BCUT2D eigenvalue weighted by Gasteiger charge is -2.26. The second-order valence-corrected chi connectivity index (χ2v) is 6.97. The molecule has 25 heavy (non-hydrogen) atoms. The van der Waals surface area contributed by atoms with Gasteiger partial charge in [-0.1, -0.05) is 44.2 Å². The topological polar surface area (TPSA) is 92.5 Å². The Morgan fingerprint density at radius 2 is 1.96 bits per heavy atom. The third-order valence-electron chi connectivity index (χ3n) is 4.48. The average molecular weight is 345 g/mol. The Kier molecular flexibility index (Phi) is 6.56. The number of rotatable bonds is 8. The van der Waals surface area contributed by atoms with Crippen LogP contribution in [-0.4, -0.2) is 41.2 Å². The highest BCUT2D eigenvalue weighted by Gasteiger charge is 2.36. The van der Waals surface area contributed by atoms with Crippen LogP contribution in [0.1, 0.15) is 38.7 Å². The Balaban J connectivity index is 1.99. The van der Waals surface area contributed by atoms with Crippen LogP contribution in [0, 0.1) is 5.92 Å². The van der Waals surface area contributed by atoms with Crippen molar-refractivity contribution < 1.29 is 14.4 Å². The highest BCUT2D eigenvalue weighted by Crippen LogP contribution is 2.20. The molecule has 1 unspecified atom stereocenters. The van der Waals surface area contributed by atoms with Crippen molar-refractivity contribution in [2.45, 2.75) is 51.6 Å². The van der Waals surface area contributed by atoms with E-state index in [1.165, 1.54) is 0 Å². The number of amides is 3. The first kappa shape index (κ1) is 19.0. The van der Waals surface area contributed by atoms with Crippen LogP contribution >= 0.6 is 0 Å². The van der Waals surface area contributed by atoms with Crippen LogP contribution in [0.15, 0.2) is 30.3 Å². The maximum atomic E-state index is 12.6. The summed E-state index contributed by atoms with van der Waals surface area (Å²) in [6.45, 7) is 4.42. The van der Waals surface area contributed by atoms with Crippen molar-refractivity contribution in [3.05, 3.63) is 35.9 Å². The molecule has 3 N–H and O–H groups in total. The molecule has 1 aliphatic heterocycles. The summed E-state index contributed by atoms with van der Waals surface area (Å²) in [7, 11) is 0. The molecule has 1 saturated heterocycles. The van der Waals surface area contributed by atoms with Crippen LogP contribution in [0.2, 0.25) is 0 Å². The molecule has 1 fully saturated rings. The molecule has 0 radical (unpaired) electrons. The molecule has 136 valence electrons. The van der Waals surface area contributed by atoms with Crippen molar-refractivity contribution in [3.8, 4) is 0 Å². The normalized spacial score (nSPS) is 18.4. The molecule has 0 aliphatic carbocycles. The second kappa shape index (κ2) is 8.65. The molecular weight excluding hydrogens is 318 g/mol. The zero-order valence-corrected chi connectivity index (χ0v) is 14.9. The third-order valence-corrected chi connectivity index (χ3v) is 4.48. The van der Waals surface area contributed by atoms with Crippen LogP contribution in [0.3, 0.4) is 0 Å². The maximum Gasteiger partial charge on any atom is 0.243 e. The van der Waals surface area contributed by atoms with Gasteiger partial charge in [-0.15, -0.1) is 0 Å². The van der Waals surface area contributed by atoms with Gasteiger partial charge in [-0.05, 0) is 30.7 Å². The summed E-state index contributed by atoms with van der Waals surface area (Å²) in [6.07, 6.45) is 2.03. The van der Waals surface area contributed by atoms with Crippen LogP contribution < -0.4 is 11.1 Å². The number of primary amides is 1. The van der Waals surface area contributed by atoms with Crippen molar-refractivity contribution >= 4 is 17.7 Å². The molecule has 1 aromatic rings. The van der Waals surface area contributed by atoms with Gasteiger partial charge in [-0.25, -0.2) is 0 Å². The van der Waals surface area contributed by atoms with Crippen LogP contribution in [0.5, 0.6) is 0 Å². The monoisotopic (exact) mass is 345 g/mol. The van der Waals surface area contributed by atoms with Gasteiger partial charge in [0.25, 0.3) is 0 Å². The number of benzene rings is 1. The fourth-order valence-corrected chi connectivity index (χ4v) is 3.17. The number of nitrogens with two attached hydrogens (primary N) is 1. The van der Waals surface area contributed by atoms with E-state index < -0.39 is 18.0 Å². The summed E-state index contributed by atoms with van der Waals surface area (Å²) in [4.78, 5) is 37.9. The first-order valence-electron chi connectivity index (χ1n) is 8.81. The lowest BCUT2D eigenvalue weighted by molar-refractivity contribution is -0.136. The minimum Gasteiger partial charge on any atom is -0.368 e. The molecule has 2 atom stereocenters. The van der Waals surface area contributed by atoms with Gasteiger partial charge in [0.05, 0.1) is 0 Å². The number of carbonyl (C=O) groups excluding carboxylic acids is 3. The molecular formula is C19H27N3O3. The van der Waals surface area contributed by atoms with Crippen molar-refractivity contribution in [1.82, 2.24) is 10.2 Å². The average Bonchev–Trinajstić information content (AvgIpc) is 2.93. The zero-order chi connectivity index (χ0) is 18.4. The fourth-order valence-electron chi connectivity index (χ4n) is 3.17. The van der Waals surface area contributed by atoms with E-state index in [1.54, 1.807) is 4.90 Å². The van der Waals surface area contributed by atoms with Crippen molar-refractivity contribution in [2.24, 2.45) is 11.7 Å². The van der Waals surface area contributed by atoms with E-state index in [4.69, 9.17) is 5.73 Å². The maximum absolute atomic E-state index is 12.6. The number of nitrogens with one attached hydrogen (secondary N) is 1. The molecule has 0 aromatic heterocycles.